The van der Waals surface area contributed by atoms with Gasteiger partial charge < -0.3 is 10.2 Å². The van der Waals surface area contributed by atoms with E-state index < -0.39 is 0 Å². The van der Waals surface area contributed by atoms with Gasteiger partial charge in [-0.25, -0.2) is 0 Å². The molecule has 1 aliphatic heterocycles. The second kappa shape index (κ2) is 8.93. The third kappa shape index (κ3) is 5.87. The smallest absolute Gasteiger partial charge is 0.0117 e. The van der Waals surface area contributed by atoms with Gasteiger partial charge in [-0.15, -0.1) is 0 Å². The Morgan fingerprint density at radius 2 is 1.94 bits per heavy atom. The fourth-order valence-corrected chi connectivity index (χ4v) is 2.83. The van der Waals surface area contributed by atoms with Crippen molar-refractivity contribution in [1.82, 2.24) is 10.2 Å². The zero-order valence-electron chi connectivity index (χ0n) is 12.2. The molecule has 0 aromatic heterocycles. The van der Waals surface area contributed by atoms with E-state index in [-0.39, 0.29) is 0 Å². The first kappa shape index (κ1) is 15.0. The van der Waals surface area contributed by atoms with Crippen LogP contribution in [-0.2, 0) is 0 Å². The summed E-state index contributed by atoms with van der Waals surface area (Å²) < 4.78 is 0. The van der Waals surface area contributed by atoms with Crippen LogP contribution in [0.25, 0.3) is 0 Å². The summed E-state index contributed by atoms with van der Waals surface area (Å²) in [5.74, 6) is 0.821. The first-order valence-corrected chi connectivity index (χ1v) is 7.73. The van der Waals surface area contributed by atoms with Gasteiger partial charge in [-0.1, -0.05) is 40.0 Å². The molecule has 2 atom stereocenters. The van der Waals surface area contributed by atoms with E-state index in [2.05, 4.69) is 31.0 Å². The predicted octanol–water partition coefficient (Wildman–Crippen LogP) is 3.28. The zero-order chi connectivity index (χ0) is 12.5. The Labute approximate surface area is 108 Å². The number of likely N-dealkylation sites (tertiary alicyclic amines) is 1. The number of nitrogens with zero attached hydrogens (tertiary/aromatic N) is 1. The maximum absolute atomic E-state index is 3.69. The number of hydrogen-bond donors (Lipinski definition) is 1. The van der Waals surface area contributed by atoms with Crippen LogP contribution < -0.4 is 5.32 Å². The van der Waals surface area contributed by atoms with Crippen LogP contribution in [0.4, 0.5) is 0 Å². The molecule has 102 valence electrons. The number of rotatable bonds is 8. The summed E-state index contributed by atoms with van der Waals surface area (Å²) in [5, 5.41) is 3.69. The average molecular weight is 240 g/mol. The molecule has 1 fully saturated rings. The maximum Gasteiger partial charge on any atom is 0.0117 e. The summed E-state index contributed by atoms with van der Waals surface area (Å²) in [6.07, 6.45) is 8.16. The molecule has 0 aliphatic carbocycles. The van der Waals surface area contributed by atoms with E-state index in [0.717, 1.165) is 12.0 Å². The highest BCUT2D eigenvalue weighted by molar-refractivity contribution is 4.82. The third-order valence-corrected chi connectivity index (χ3v) is 3.97. The number of unbranched alkanes of at least 4 members (excludes halogenated alkanes) is 3. The highest BCUT2D eigenvalue weighted by atomic mass is 15.1. The van der Waals surface area contributed by atoms with Crippen LogP contribution >= 0.6 is 0 Å². The average Bonchev–Trinajstić information content (AvgIpc) is 2.34. The second-order valence-corrected chi connectivity index (χ2v) is 5.69. The van der Waals surface area contributed by atoms with Crippen molar-refractivity contribution in [3.63, 3.8) is 0 Å². The van der Waals surface area contributed by atoms with Gasteiger partial charge >= 0.3 is 0 Å². The Kier molecular flexibility index (Phi) is 7.87. The number of piperidine rings is 1. The topological polar surface area (TPSA) is 15.3 Å². The molecule has 1 saturated heterocycles. The van der Waals surface area contributed by atoms with Crippen molar-refractivity contribution in [3.8, 4) is 0 Å². The minimum atomic E-state index is 0.766. The van der Waals surface area contributed by atoms with Crippen LogP contribution in [0.2, 0.25) is 0 Å². The summed E-state index contributed by atoms with van der Waals surface area (Å²) >= 11 is 0. The lowest BCUT2D eigenvalue weighted by Crippen LogP contribution is -2.48. The molecule has 17 heavy (non-hydrogen) atoms. The molecular weight excluding hydrogens is 208 g/mol. The van der Waals surface area contributed by atoms with Crippen LogP contribution in [0.1, 0.15) is 59.3 Å². The summed E-state index contributed by atoms with van der Waals surface area (Å²) in [7, 11) is 0. The maximum atomic E-state index is 3.69. The standard InChI is InChI=1S/C15H32N2/c1-4-6-7-8-11-17-12-9-15(14(3)13-17)16-10-5-2/h14-16H,4-13H2,1-3H3. The molecule has 2 heteroatoms. The lowest BCUT2D eigenvalue weighted by atomic mass is 9.93. The summed E-state index contributed by atoms with van der Waals surface area (Å²) in [4.78, 5) is 2.67. The van der Waals surface area contributed by atoms with Gasteiger partial charge in [0.1, 0.15) is 0 Å². The van der Waals surface area contributed by atoms with Gasteiger partial charge in [0.2, 0.25) is 0 Å². The van der Waals surface area contributed by atoms with Crippen LogP contribution in [0, 0.1) is 5.92 Å². The van der Waals surface area contributed by atoms with Crippen LogP contribution in [0.3, 0.4) is 0 Å². The molecular formula is C15H32N2. The molecule has 0 bridgehead atoms. The Morgan fingerprint density at radius 3 is 2.59 bits per heavy atom. The molecule has 2 unspecified atom stereocenters. The molecule has 1 heterocycles. The van der Waals surface area contributed by atoms with Crippen molar-refractivity contribution < 1.29 is 0 Å². The molecule has 0 radical (unpaired) electrons. The van der Waals surface area contributed by atoms with Crippen molar-refractivity contribution in [1.29, 1.82) is 0 Å². The van der Waals surface area contributed by atoms with Crippen molar-refractivity contribution >= 4 is 0 Å². The highest BCUT2D eigenvalue weighted by Crippen LogP contribution is 2.17. The first-order valence-electron chi connectivity index (χ1n) is 7.73. The van der Waals surface area contributed by atoms with E-state index in [1.807, 2.05) is 0 Å². The third-order valence-electron chi connectivity index (χ3n) is 3.97. The summed E-state index contributed by atoms with van der Waals surface area (Å²) in [6.45, 7) is 12.1. The van der Waals surface area contributed by atoms with E-state index in [1.165, 1.54) is 64.7 Å². The molecule has 0 aromatic rings. The molecule has 1 aliphatic rings. The fraction of sp³-hybridized carbons (Fsp3) is 1.00. The monoisotopic (exact) mass is 240 g/mol. The van der Waals surface area contributed by atoms with E-state index >= 15 is 0 Å². The summed E-state index contributed by atoms with van der Waals surface area (Å²) in [6, 6.07) is 0.766. The van der Waals surface area contributed by atoms with Gasteiger partial charge in [-0.3, -0.25) is 0 Å². The van der Waals surface area contributed by atoms with E-state index in [4.69, 9.17) is 0 Å². The Balaban J connectivity index is 2.13. The Morgan fingerprint density at radius 1 is 1.12 bits per heavy atom. The summed E-state index contributed by atoms with van der Waals surface area (Å²) in [5.41, 5.74) is 0. The lowest BCUT2D eigenvalue weighted by Gasteiger charge is -2.37. The highest BCUT2D eigenvalue weighted by Gasteiger charge is 2.24. The molecule has 0 aromatic carbocycles. The van der Waals surface area contributed by atoms with Gasteiger partial charge in [0.25, 0.3) is 0 Å². The quantitative estimate of drug-likeness (QED) is 0.655. The minimum Gasteiger partial charge on any atom is -0.314 e. The van der Waals surface area contributed by atoms with Crippen LogP contribution in [0.5, 0.6) is 0 Å². The largest absolute Gasteiger partial charge is 0.314 e. The number of nitrogens with one attached hydrogen (secondary N) is 1. The minimum absolute atomic E-state index is 0.766. The van der Waals surface area contributed by atoms with Crippen LogP contribution in [0.15, 0.2) is 0 Å². The zero-order valence-corrected chi connectivity index (χ0v) is 12.2. The van der Waals surface area contributed by atoms with E-state index in [1.54, 1.807) is 0 Å². The molecule has 0 amide bonds. The normalized spacial score (nSPS) is 26.3. The van der Waals surface area contributed by atoms with Crippen molar-refractivity contribution in [2.75, 3.05) is 26.2 Å². The molecule has 0 spiro atoms. The van der Waals surface area contributed by atoms with Crippen molar-refractivity contribution in [2.24, 2.45) is 5.92 Å². The Bertz CT molecular complexity index is 182. The second-order valence-electron chi connectivity index (χ2n) is 5.69. The lowest BCUT2D eigenvalue weighted by molar-refractivity contribution is 0.145. The van der Waals surface area contributed by atoms with Crippen molar-refractivity contribution in [2.45, 2.75) is 65.3 Å². The fourth-order valence-electron chi connectivity index (χ4n) is 2.83. The van der Waals surface area contributed by atoms with Crippen molar-refractivity contribution in [3.05, 3.63) is 0 Å². The SMILES string of the molecule is CCCCCCN1CCC(NCCC)C(C)C1. The van der Waals surface area contributed by atoms with Gasteiger partial charge in [0.15, 0.2) is 0 Å². The van der Waals surface area contributed by atoms with Gasteiger partial charge in [-0.2, -0.15) is 0 Å². The van der Waals surface area contributed by atoms with Gasteiger partial charge in [0.05, 0.1) is 0 Å². The predicted molar refractivity (Wildman–Crippen MR) is 76.4 cm³/mol. The number of hydrogen-bond acceptors (Lipinski definition) is 2. The van der Waals surface area contributed by atoms with E-state index in [0.29, 0.717) is 0 Å². The molecule has 1 rings (SSSR count). The first-order chi connectivity index (χ1) is 8.27. The van der Waals surface area contributed by atoms with Crippen LogP contribution in [-0.4, -0.2) is 37.1 Å². The molecule has 0 saturated carbocycles. The Hall–Kier alpha value is -0.0800. The molecule has 2 nitrogen and oxygen atoms in total. The molecule has 1 N–H and O–H groups in total. The van der Waals surface area contributed by atoms with Gasteiger partial charge in [0, 0.05) is 12.6 Å². The van der Waals surface area contributed by atoms with E-state index in [9.17, 15) is 0 Å². The van der Waals surface area contributed by atoms with Gasteiger partial charge in [-0.05, 0) is 44.8 Å².